The highest BCUT2D eigenvalue weighted by Crippen LogP contribution is 2.38. The summed E-state index contributed by atoms with van der Waals surface area (Å²) >= 11 is 0. The summed E-state index contributed by atoms with van der Waals surface area (Å²) in [6.07, 6.45) is 1.70. The van der Waals surface area contributed by atoms with Crippen molar-refractivity contribution in [3.63, 3.8) is 0 Å². The standard InChI is InChI=1S/C18H15N3O2/c1-2-12-21-15-11-7-6-10-14(15)16(22)17(21)19-20-18(23)13-8-4-3-5-9-13/h2-11,22H,1,12H2. The van der Waals surface area contributed by atoms with E-state index in [1.807, 2.05) is 24.3 Å². The molecule has 0 radical (unpaired) electrons. The van der Waals surface area contributed by atoms with Gasteiger partial charge >= 0.3 is 0 Å². The van der Waals surface area contributed by atoms with Crippen LogP contribution in [0.2, 0.25) is 0 Å². The molecule has 0 atom stereocenters. The zero-order chi connectivity index (χ0) is 16.2. The first-order valence-electron chi connectivity index (χ1n) is 7.14. The number of rotatable bonds is 4. The number of carbonyl (C=O) groups excluding carboxylic acids is 1. The van der Waals surface area contributed by atoms with Gasteiger partial charge < -0.3 is 9.67 Å². The fraction of sp³-hybridized carbons (Fsp3) is 0.0556. The van der Waals surface area contributed by atoms with E-state index in [1.165, 1.54) is 0 Å². The summed E-state index contributed by atoms with van der Waals surface area (Å²) in [5.74, 6) is -0.206. The van der Waals surface area contributed by atoms with Gasteiger partial charge in [0.05, 0.1) is 5.52 Å². The van der Waals surface area contributed by atoms with Gasteiger partial charge in [-0.15, -0.1) is 16.8 Å². The van der Waals surface area contributed by atoms with Gasteiger partial charge in [0.15, 0.2) is 11.6 Å². The van der Waals surface area contributed by atoms with Crippen molar-refractivity contribution in [3.05, 3.63) is 72.8 Å². The molecule has 1 heterocycles. The van der Waals surface area contributed by atoms with Crippen molar-refractivity contribution in [2.45, 2.75) is 6.54 Å². The second kappa shape index (κ2) is 6.27. The Labute approximate surface area is 133 Å². The molecule has 5 heteroatoms. The van der Waals surface area contributed by atoms with E-state index in [0.29, 0.717) is 17.5 Å². The number of allylic oxidation sites excluding steroid dienone is 1. The fourth-order valence-electron chi connectivity index (χ4n) is 2.42. The summed E-state index contributed by atoms with van der Waals surface area (Å²) in [7, 11) is 0. The van der Waals surface area contributed by atoms with Crippen LogP contribution in [0.4, 0.5) is 5.82 Å². The second-order valence-electron chi connectivity index (χ2n) is 4.96. The molecule has 23 heavy (non-hydrogen) atoms. The monoisotopic (exact) mass is 305 g/mol. The van der Waals surface area contributed by atoms with E-state index in [1.54, 1.807) is 41.0 Å². The maximum atomic E-state index is 12.0. The minimum absolute atomic E-state index is 0.00654. The normalized spacial score (nSPS) is 11.1. The third kappa shape index (κ3) is 2.76. The maximum absolute atomic E-state index is 12.0. The van der Waals surface area contributed by atoms with Crippen LogP contribution >= 0.6 is 0 Å². The van der Waals surface area contributed by atoms with E-state index < -0.39 is 5.91 Å². The molecule has 1 N–H and O–H groups in total. The predicted octanol–water partition coefficient (Wildman–Crippen LogP) is 4.46. The van der Waals surface area contributed by atoms with Crippen LogP contribution in [0.25, 0.3) is 10.9 Å². The molecule has 0 spiro atoms. The lowest BCUT2D eigenvalue weighted by Crippen LogP contribution is -1.95. The molecule has 0 fully saturated rings. The van der Waals surface area contributed by atoms with Gasteiger partial charge in [0.2, 0.25) is 0 Å². The minimum atomic E-state index is -0.458. The molecule has 0 saturated carbocycles. The van der Waals surface area contributed by atoms with E-state index >= 15 is 0 Å². The Morgan fingerprint density at radius 3 is 2.57 bits per heavy atom. The number of carbonyl (C=O) groups is 1. The molecule has 0 aliphatic carbocycles. The molecule has 1 amide bonds. The molecular formula is C18H15N3O2. The lowest BCUT2D eigenvalue weighted by Gasteiger charge is -2.02. The van der Waals surface area contributed by atoms with Gasteiger partial charge in [0, 0.05) is 17.5 Å². The Bertz CT molecular complexity index is 895. The molecule has 0 aliphatic heterocycles. The van der Waals surface area contributed by atoms with Gasteiger partial charge in [-0.2, -0.15) is 0 Å². The number of aromatic nitrogens is 1. The highest BCUT2D eigenvalue weighted by atomic mass is 16.3. The molecule has 0 bridgehead atoms. The van der Waals surface area contributed by atoms with E-state index in [4.69, 9.17) is 0 Å². The molecule has 0 saturated heterocycles. The topological polar surface area (TPSA) is 67.0 Å². The van der Waals surface area contributed by atoms with Gasteiger partial charge in [-0.3, -0.25) is 4.79 Å². The van der Waals surface area contributed by atoms with Crippen molar-refractivity contribution in [2.24, 2.45) is 10.2 Å². The Hall–Kier alpha value is -3.21. The van der Waals surface area contributed by atoms with Crippen LogP contribution in [-0.4, -0.2) is 15.6 Å². The summed E-state index contributed by atoms with van der Waals surface area (Å²) in [5.41, 5.74) is 1.26. The first-order chi connectivity index (χ1) is 11.2. The summed E-state index contributed by atoms with van der Waals surface area (Å²) < 4.78 is 1.76. The SMILES string of the molecule is C=CCn1c(N=NC(=O)c2ccccc2)c(O)c2ccccc21. The molecule has 0 unspecified atom stereocenters. The third-order valence-corrected chi connectivity index (χ3v) is 3.49. The van der Waals surface area contributed by atoms with E-state index in [0.717, 1.165) is 5.52 Å². The maximum Gasteiger partial charge on any atom is 0.295 e. The van der Waals surface area contributed by atoms with Gasteiger partial charge in [0.25, 0.3) is 5.91 Å². The highest BCUT2D eigenvalue weighted by Gasteiger charge is 2.15. The predicted molar refractivity (Wildman–Crippen MR) is 89.1 cm³/mol. The number of nitrogens with zero attached hydrogens (tertiary/aromatic N) is 3. The number of benzene rings is 2. The number of hydrogen-bond acceptors (Lipinski definition) is 3. The van der Waals surface area contributed by atoms with Crippen molar-refractivity contribution < 1.29 is 9.90 Å². The number of azo groups is 1. The van der Waals surface area contributed by atoms with Gasteiger partial charge in [0.1, 0.15) is 0 Å². The quantitative estimate of drug-likeness (QED) is 0.571. The molecule has 3 aromatic rings. The zero-order valence-corrected chi connectivity index (χ0v) is 12.4. The Balaban J connectivity index is 2.04. The van der Waals surface area contributed by atoms with Crippen LogP contribution in [-0.2, 0) is 6.54 Å². The second-order valence-corrected chi connectivity index (χ2v) is 4.96. The van der Waals surface area contributed by atoms with Crippen molar-refractivity contribution in [1.82, 2.24) is 4.57 Å². The van der Waals surface area contributed by atoms with E-state index in [2.05, 4.69) is 16.8 Å². The summed E-state index contributed by atoms with van der Waals surface area (Å²) in [5, 5.41) is 18.7. The van der Waals surface area contributed by atoms with Crippen LogP contribution in [0.3, 0.4) is 0 Å². The third-order valence-electron chi connectivity index (χ3n) is 3.49. The Morgan fingerprint density at radius 2 is 1.83 bits per heavy atom. The summed E-state index contributed by atoms with van der Waals surface area (Å²) in [6.45, 7) is 4.17. The molecule has 0 aliphatic rings. The van der Waals surface area contributed by atoms with Crippen LogP contribution in [0.5, 0.6) is 5.75 Å². The van der Waals surface area contributed by atoms with Crippen LogP contribution < -0.4 is 0 Å². The molecule has 3 rings (SSSR count). The number of amides is 1. The number of hydrogen-bond donors (Lipinski definition) is 1. The number of fused-ring (bicyclic) bond motifs is 1. The lowest BCUT2D eigenvalue weighted by atomic mass is 10.2. The average Bonchev–Trinajstić information content (AvgIpc) is 2.86. The van der Waals surface area contributed by atoms with Crippen molar-refractivity contribution in [2.75, 3.05) is 0 Å². The smallest absolute Gasteiger partial charge is 0.295 e. The fourth-order valence-corrected chi connectivity index (χ4v) is 2.42. The van der Waals surface area contributed by atoms with Crippen LogP contribution in [0, 0.1) is 0 Å². The largest absolute Gasteiger partial charge is 0.504 e. The zero-order valence-electron chi connectivity index (χ0n) is 12.4. The highest BCUT2D eigenvalue weighted by molar-refractivity contribution is 5.95. The van der Waals surface area contributed by atoms with Gasteiger partial charge in [-0.1, -0.05) is 36.4 Å². The van der Waals surface area contributed by atoms with Crippen molar-refractivity contribution in [3.8, 4) is 5.75 Å². The molecule has 114 valence electrons. The van der Waals surface area contributed by atoms with Crippen molar-refractivity contribution >= 4 is 22.6 Å². The number of para-hydroxylation sites is 1. The Morgan fingerprint density at radius 1 is 1.13 bits per heavy atom. The van der Waals surface area contributed by atoms with E-state index in [9.17, 15) is 9.90 Å². The first-order valence-corrected chi connectivity index (χ1v) is 7.14. The molecular weight excluding hydrogens is 290 g/mol. The number of aromatic hydroxyl groups is 1. The average molecular weight is 305 g/mol. The summed E-state index contributed by atoms with van der Waals surface area (Å²) in [6, 6.07) is 16.0. The molecule has 2 aromatic carbocycles. The van der Waals surface area contributed by atoms with E-state index in [-0.39, 0.29) is 11.6 Å². The Kier molecular flexibility index (Phi) is 4.01. The first kappa shape index (κ1) is 14.7. The molecule has 5 nitrogen and oxygen atoms in total. The van der Waals surface area contributed by atoms with Crippen LogP contribution in [0.1, 0.15) is 10.4 Å². The van der Waals surface area contributed by atoms with Crippen molar-refractivity contribution in [1.29, 1.82) is 0 Å². The minimum Gasteiger partial charge on any atom is -0.504 e. The van der Waals surface area contributed by atoms with Gasteiger partial charge in [-0.05, 0) is 24.3 Å². The van der Waals surface area contributed by atoms with Crippen LogP contribution in [0.15, 0.2) is 77.5 Å². The lowest BCUT2D eigenvalue weighted by molar-refractivity contribution is 0.0995. The van der Waals surface area contributed by atoms with Gasteiger partial charge in [-0.25, -0.2) is 0 Å². The summed E-state index contributed by atoms with van der Waals surface area (Å²) in [4.78, 5) is 12.0. The molecule has 1 aromatic heterocycles.